The van der Waals surface area contributed by atoms with Gasteiger partial charge >= 0.3 is 17.9 Å². The third-order valence-corrected chi connectivity index (χ3v) is 7.71. The molecule has 10 heteroatoms. The first kappa shape index (κ1) is 33.3. The van der Waals surface area contributed by atoms with E-state index in [2.05, 4.69) is 17.2 Å². The van der Waals surface area contributed by atoms with Gasteiger partial charge in [0, 0.05) is 40.9 Å². The van der Waals surface area contributed by atoms with Gasteiger partial charge in [-0.25, -0.2) is 4.79 Å². The second-order valence-electron chi connectivity index (χ2n) is 11.3. The van der Waals surface area contributed by atoms with Crippen molar-refractivity contribution in [1.29, 1.82) is 0 Å². The number of rotatable bonds is 14. The quantitative estimate of drug-likeness (QED) is 0.0895. The lowest BCUT2D eigenvalue weighted by atomic mass is 9.82. The minimum absolute atomic E-state index is 0.122. The van der Waals surface area contributed by atoms with Crippen LogP contribution in [0.2, 0.25) is 0 Å². The van der Waals surface area contributed by atoms with Crippen LogP contribution in [0.25, 0.3) is 0 Å². The molecule has 0 saturated carbocycles. The lowest BCUT2D eigenvalue weighted by Gasteiger charge is -2.24. The van der Waals surface area contributed by atoms with Crippen LogP contribution in [0.3, 0.4) is 0 Å². The van der Waals surface area contributed by atoms with Crippen molar-refractivity contribution in [3.8, 4) is 0 Å². The average Bonchev–Trinajstić information content (AvgIpc) is 3.08. The van der Waals surface area contributed by atoms with E-state index in [9.17, 15) is 24.0 Å². The summed E-state index contributed by atoms with van der Waals surface area (Å²) >= 11 is 0. The summed E-state index contributed by atoms with van der Waals surface area (Å²) in [5.41, 5.74) is 5.75. The normalized spacial score (nSPS) is 11.6. The Labute approximate surface area is 277 Å². The Morgan fingerprint density at radius 2 is 1.12 bits per heavy atom. The van der Waals surface area contributed by atoms with Gasteiger partial charge in [0.25, 0.3) is 0 Å². The molecule has 0 bridgehead atoms. The molecule has 4 aromatic carbocycles. The first-order valence-corrected chi connectivity index (χ1v) is 15.4. The van der Waals surface area contributed by atoms with Crippen molar-refractivity contribution >= 4 is 52.2 Å². The summed E-state index contributed by atoms with van der Waals surface area (Å²) in [5.74, 6) is -2.58. The SMILES string of the molecule is C=C(C)C(=O)OCCc1ccc(Nc2ccc(Nc3ccc(CCOC(=O)CCC(=O)O)cc3)c3c2C(=O)c2ccccc2C3=O)cc1. The van der Waals surface area contributed by atoms with Crippen LogP contribution in [0.5, 0.6) is 0 Å². The van der Waals surface area contributed by atoms with Gasteiger partial charge in [0.1, 0.15) is 0 Å². The molecule has 3 N–H and O–H groups in total. The summed E-state index contributed by atoms with van der Waals surface area (Å²) in [7, 11) is 0. The summed E-state index contributed by atoms with van der Waals surface area (Å²) in [6.07, 6.45) is 0.527. The van der Waals surface area contributed by atoms with Gasteiger partial charge in [0.05, 0.1) is 48.6 Å². The second-order valence-corrected chi connectivity index (χ2v) is 11.3. The number of fused-ring (bicyclic) bond motifs is 2. The van der Waals surface area contributed by atoms with Gasteiger partial charge in [-0.15, -0.1) is 0 Å². The standard InChI is InChI=1S/C38H34N2O8/c1-23(2)38(46)48-22-20-25-9-13-27(14-10-25)40-31-16-15-30(34-35(31)37(45)29-6-4-3-5-28(29)36(34)44)39-26-11-7-24(8-12-26)19-21-47-33(43)18-17-32(41)42/h3-16,39-40H,1,17-22H2,2H3,(H,41,42). The van der Waals surface area contributed by atoms with E-state index in [-0.39, 0.29) is 48.7 Å². The van der Waals surface area contributed by atoms with Gasteiger partial charge in [-0.05, 0) is 54.4 Å². The van der Waals surface area contributed by atoms with Gasteiger partial charge in [-0.2, -0.15) is 0 Å². The fourth-order valence-corrected chi connectivity index (χ4v) is 5.20. The van der Waals surface area contributed by atoms with Gasteiger partial charge < -0.3 is 25.2 Å². The highest BCUT2D eigenvalue weighted by atomic mass is 16.5. The van der Waals surface area contributed by atoms with Crippen molar-refractivity contribution in [3.05, 3.63) is 130 Å². The van der Waals surface area contributed by atoms with Crippen LogP contribution >= 0.6 is 0 Å². The number of benzene rings is 4. The molecule has 0 fully saturated rings. The molecule has 48 heavy (non-hydrogen) atoms. The summed E-state index contributed by atoms with van der Waals surface area (Å²) in [4.78, 5) is 61.7. The number of anilines is 4. The molecule has 0 aliphatic heterocycles. The molecule has 0 atom stereocenters. The van der Waals surface area contributed by atoms with E-state index in [1.54, 1.807) is 43.3 Å². The Morgan fingerprint density at radius 1 is 0.667 bits per heavy atom. The van der Waals surface area contributed by atoms with Crippen LogP contribution in [-0.2, 0) is 36.7 Å². The summed E-state index contributed by atoms with van der Waals surface area (Å²) in [5, 5.41) is 15.3. The topological polar surface area (TPSA) is 148 Å². The molecule has 0 radical (unpaired) electrons. The number of carboxylic acids is 1. The Balaban J connectivity index is 1.33. The molecule has 0 unspecified atom stereocenters. The number of esters is 2. The number of carbonyl (C=O) groups excluding carboxylic acids is 4. The predicted molar refractivity (Wildman–Crippen MR) is 180 cm³/mol. The summed E-state index contributed by atoms with van der Waals surface area (Å²) in [6.45, 7) is 5.53. The molecular weight excluding hydrogens is 612 g/mol. The van der Waals surface area contributed by atoms with Crippen molar-refractivity contribution in [1.82, 2.24) is 0 Å². The maximum Gasteiger partial charge on any atom is 0.333 e. The lowest BCUT2D eigenvalue weighted by Crippen LogP contribution is -2.23. The molecule has 0 spiro atoms. The lowest BCUT2D eigenvalue weighted by molar-refractivity contribution is -0.147. The average molecular weight is 647 g/mol. The zero-order valence-electron chi connectivity index (χ0n) is 26.3. The van der Waals surface area contributed by atoms with E-state index in [1.807, 2.05) is 48.5 Å². The number of nitrogens with one attached hydrogen (secondary N) is 2. The fraction of sp³-hybridized carbons (Fsp3) is 0.184. The van der Waals surface area contributed by atoms with E-state index in [0.29, 0.717) is 52.3 Å². The Hall–Kier alpha value is -6.03. The molecule has 10 nitrogen and oxygen atoms in total. The fourth-order valence-electron chi connectivity index (χ4n) is 5.20. The third-order valence-electron chi connectivity index (χ3n) is 7.71. The highest BCUT2D eigenvalue weighted by Crippen LogP contribution is 2.38. The minimum Gasteiger partial charge on any atom is -0.481 e. The van der Waals surface area contributed by atoms with Crippen LogP contribution < -0.4 is 10.6 Å². The second kappa shape index (κ2) is 15.0. The van der Waals surface area contributed by atoms with E-state index in [1.165, 1.54) is 0 Å². The molecule has 4 aromatic rings. The Morgan fingerprint density at radius 3 is 1.56 bits per heavy atom. The molecule has 0 saturated heterocycles. The number of carboxylic acid groups (broad SMARTS) is 1. The van der Waals surface area contributed by atoms with Crippen molar-refractivity contribution < 1.29 is 38.6 Å². The van der Waals surface area contributed by atoms with Gasteiger partial charge in [0.15, 0.2) is 11.6 Å². The van der Waals surface area contributed by atoms with Crippen LogP contribution in [0.1, 0.15) is 62.7 Å². The number of ketones is 2. The molecule has 0 heterocycles. The van der Waals surface area contributed by atoms with E-state index < -0.39 is 17.9 Å². The molecule has 244 valence electrons. The first-order valence-electron chi connectivity index (χ1n) is 15.4. The Kier molecular flexibility index (Phi) is 10.4. The number of aliphatic carboxylic acids is 1. The van der Waals surface area contributed by atoms with E-state index >= 15 is 0 Å². The smallest absolute Gasteiger partial charge is 0.333 e. The number of carbonyl (C=O) groups is 5. The summed E-state index contributed by atoms with van der Waals surface area (Å²) < 4.78 is 10.3. The van der Waals surface area contributed by atoms with Crippen molar-refractivity contribution in [3.63, 3.8) is 0 Å². The molecule has 0 aromatic heterocycles. The van der Waals surface area contributed by atoms with Gasteiger partial charge in [0.2, 0.25) is 0 Å². The highest BCUT2D eigenvalue weighted by Gasteiger charge is 2.34. The van der Waals surface area contributed by atoms with Crippen LogP contribution in [0, 0.1) is 0 Å². The highest BCUT2D eigenvalue weighted by molar-refractivity contribution is 6.32. The predicted octanol–water partition coefficient (Wildman–Crippen LogP) is 6.56. The minimum atomic E-state index is -1.05. The summed E-state index contributed by atoms with van der Waals surface area (Å²) in [6, 6.07) is 25.1. The molecule has 0 amide bonds. The molecule has 5 rings (SSSR count). The Bertz CT molecular complexity index is 1900. The van der Waals surface area contributed by atoms with E-state index in [4.69, 9.17) is 14.6 Å². The largest absolute Gasteiger partial charge is 0.481 e. The van der Waals surface area contributed by atoms with Gasteiger partial charge in [-0.1, -0.05) is 55.1 Å². The van der Waals surface area contributed by atoms with Crippen molar-refractivity contribution in [2.75, 3.05) is 23.8 Å². The first-order chi connectivity index (χ1) is 23.1. The van der Waals surface area contributed by atoms with Crippen LogP contribution in [0.4, 0.5) is 22.7 Å². The number of ether oxygens (including phenoxy) is 2. The number of hydrogen-bond donors (Lipinski definition) is 3. The molecule has 1 aliphatic carbocycles. The van der Waals surface area contributed by atoms with E-state index in [0.717, 1.165) is 11.1 Å². The van der Waals surface area contributed by atoms with Crippen LogP contribution in [0.15, 0.2) is 97.1 Å². The van der Waals surface area contributed by atoms with Crippen LogP contribution in [-0.4, -0.2) is 47.8 Å². The van der Waals surface area contributed by atoms with Gasteiger partial charge in [-0.3, -0.25) is 19.2 Å². The third kappa shape index (κ3) is 8.03. The number of hydrogen-bond acceptors (Lipinski definition) is 9. The molecular formula is C38H34N2O8. The molecule has 1 aliphatic rings. The zero-order chi connectivity index (χ0) is 34.2. The zero-order valence-corrected chi connectivity index (χ0v) is 26.3. The maximum atomic E-state index is 13.9. The monoisotopic (exact) mass is 646 g/mol. The van der Waals surface area contributed by atoms with Crippen molar-refractivity contribution in [2.24, 2.45) is 0 Å². The maximum absolute atomic E-state index is 13.9. The van der Waals surface area contributed by atoms with Crippen molar-refractivity contribution in [2.45, 2.75) is 32.6 Å².